The molecule has 0 saturated heterocycles. The summed E-state index contributed by atoms with van der Waals surface area (Å²) in [6.07, 6.45) is 1.25. The second-order valence-corrected chi connectivity index (χ2v) is 5.28. The van der Waals surface area contributed by atoms with E-state index < -0.39 is 0 Å². The van der Waals surface area contributed by atoms with Crippen LogP contribution in [0.4, 0.5) is 5.69 Å². The number of thiophene rings is 1. The highest BCUT2D eigenvalue weighted by Gasteiger charge is 2.34. The number of rotatable bonds is 3. The van der Waals surface area contributed by atoms with Gasteiger partial charge in [0.15, 0.2) is 0 Å². The second kappa shape index (κ2) is 3.85. The highest BCUT2D eigenvalue weighted by atomic mass is 32.1. The van der Waals surface area contributed by atoms with Crippen molar-refractivity contribution in [3.8, 4) is 0 Å². The Labute approximate surface area is 93.9 Å². The van der Waals surface area contributed by atoms with E-state index in [0.29, 0.717) is 16.5 Å². The monoisotopic (exact) mass is 224 g/mol. The van der Waals surface area contributed by atoms with Crippen molar-refractivity contribution in [2.75, 3.05) is 19.3 Å². The Morgan fingerprint density at radius 1 is 1.73 bits per heavy atom. The van der Waals surface area contributed by atoms with Crippen molar-refractivity contribution in [2.45, 2.75) is 13.3 Å². The number of hydrogen-bond acceptors (Lipinski definition) is 3. The molecule has 1 fully saturated rings. The molecular formula is C11H16N2OS. The fourth-order valence-electron chi connectivity index (χ4n) is 1.75. The predicted molar refractivity (Wildman–Crippen MR) is 63.0 cm³/mol. The molecule has 2 unspecified atom stereocenters. The van der Waals surface area contributed by atoms with Crippen LogP contribution in [0.2, 0.25) is 0 Å². The molecule has 2 atom stereocenters. The summed E-state index contributed by atoms with van der Waals surface area (Å²) in [6.45, 7) is 3.08. The Morgan fingerprint density at radius 3 is 2.87 bits per heavy atom. The molecule has 1 saturated carbocycles. The average Bonchev–Trinajstić information content (AvgIpc) is 2.72. The number of nitrogen functional groups attached to an aromatic ring is 1. The Morgan fingerprint density at radius 2 is 2.40 bits per heavy atom. The standard InChI is InChI=1S/C11H16N2OS/c1-7-5-8(7)6-13(2)11(14)10-9(12)3-4-15-10/h3-4,7-8H,5-6,12H2,1-2H3. The molecular weight excluding hydrogens is 208 g/mol. The summed E-state index contributed by atoms with van der Waals surface area (Å²) in [6, 6.07) is 1.78. The Balaban J connectivity index is 1.98. The number of nitrogens with zero attached hydrogens (tertiary/aromatic N) is 1. The zero-order chi connectivity index (χ0) is 11.0. The maximum absolute atomic E-state index is 12.0. The third-order valence-corrected chi connectivity index (χ3v) is 3.94. The topological polar surface area (TPSA) is 46.3 Å². The van der Waals surface area contributed by atoms with Crippen molar-refractivity contribution < 1.29 is 4.79 Å². The van der Waals surface area contributed by atoms with Gasteiger partial charge >= 0.3 is 0 Å². The first kappa shape index (κ1) is 10.5. The zero-order valence-corrected chi connectivity index (χ0v) is 9.88. The first-order valence-corrected chi connectivity index (χ1v) is 6.06. The fourth-order valence-corrected chi connectivity index (χ4v) is 2.57. The lowest BCUT2D eigenvalue weighted by Crippen LogP contribution is -2.28. The molecule has 0 spiro atoms. The summed E-state index contributed by atoms with van der Waals surface area (Å²) in [4.78, 5) is 14.4. The van der Waals surface area contributed by atoms with Gasteiger partial charge in [0.1, 0.15) is 4.88 Å². The van der Waals surface area contributed by atoms with Crippen molar-refractivity contribution >= 4 is 22.9 Å². The summed E-state index contributed by atoms with van der Waals surface area (Å²) < 4.78 is 0. The summed E-state index contributed by atoms with van der Waals surface area (Å²) in [5.41, 5.74) is 6.31. The molecule has 1 aromatic rings. The van der Waals surface area contributed by atoms with E-state index in [1.807, 2.05) is 12.4 Å². The molecule has 1 heterocycles. The van der Waals surface area contributed by atoms with Crippen molar-refractivity contribution in [3.63, 3.8) is 0 Å². The van der Waals surface area contributed by atoms with Gasteiger partial charge in [-0.2, -0.15) is 0 Å². The average molecular weight is 224 g/mol. The molecule has 0 aromatic carbocycles. The van der Waals surface area contributed by atoms with Crippen LogP contribution >= 0.6 is 11.3 Å². The lowest BCUT2D eigenvalue weighted by Gasteiger charge is -2.16. The summed E-state index contributed by atoms with van der Waals surface area (Å²) in [5, 5.41) is 1.86. The lowest BCUT2D eigenvalue weighted by molar-refractivity contribution is 0.0793. The van der Waals surface area contributed by atoms with E-state index in [9.17, 15) is 4.79 Å². The van der Waals surface area contributed by atoms with E-state index in [2.05, 4.69) is 6.92 Å². The Kier molecular flexibility index (Phi) is 2.69. The molecule has 15 heavy (non-hydrogen) atoms. The van der Waals surface area contributed by atoms with Crippen molar-refractivity contribution in [2.24, 2.45) is 11.8 Å². The first-order valence-electron chi connectivity index (χ1n) is 5.18. The number of hydrogen-bond donors (Lipinski definition) is 1. The Bertz CT molecular complexity index is 374. The van der Waals surface area contributed by atoms with Crippen LogP contribution in [0.3, 0.4) is 0 Å². The molecule has 4 heteroatoms. The van der Waals surface area contributed by atoms with Crippen LogP contribution in [0.5, 0.6) is 0 Å². The zero-order valence-electron chi connectivity index (χ0n) is 9.06. The van der Waals surface area contributed by atoms with Gasteiger partial charge in [0.05, 0.1) is 5.69 Å². The maximum Gasteiger partial charge on any atom is 0.265 e. The lowest BCUT2D eigenvalue weighted by atomic mass is 10.3. The molecule has 2 rings (SSSR count). The first-order chi connectivity index (χ1) is 7.09. The second-order valence-electron chi connectivity index (χ2n) is 4.36. The largest absolute Gasteiger partial charge is 0.397 e. The minimum absolute atomic E-state index is 0.0570. The van der Waals surface area contributed by atoms with Crippen molar-refractivity contribution in [1.82, 2.24) is 4.90 Å². The summed E-state index contributed by atoms with van der Waals surface area (Å²) in [5.74, 6) is 1.53. The highest BCUT2D eigenvalue weighted by molar-refractivity contribution is 7.12. The van der Waals surface area contributed by atoms with Gasteiger partial charge in [-0.1, -0.05) is 6.92 Å². The molecule has 1 aliphatic rings. The molecule has 2 N–H and O–H groups in total. The quantitative estimate of drug-likeness (QED) is 0.854. The number of anilines is 1. The van der Waals surface area contributed by atoms with Crippen LogP contribution in [0, 0.1) is 11.8 Å². The van der Waals surface area contributed by atoms with Gasteiger partial charge in [0.25, 0.3) is 5.91 Å². The molecule has 1 aliphatic carbocycles. The number of nitrogens with two attached hydrogens (primary N) is 1. The van der Waals surface area contributed by atoms with Gasteiger partial charge in [-0.15, -0.1) is 11.3 Å². The van der Waals surface area contributed by atoms with Crippen LogP contribution in [0.1, 0.15) is 23.0 Å². The fraction of sp³-hybridized carbons (Fsp3) is 0.545. The molecule has 0 bridgehead atoms. The van der Waals surface area contributed by atoms with Crippen LogP contribution < -0.4 is 5.73 Å². The van der Waals surface area contributed by atoms with Crippen molar-refractivity contribution in [1.29, 1.82) is 0 Å². The molecule has 0 aliphatic heterocycles. The van der Waals surface area contributed by atoms with E-state index in [4.69, 9.17) is 5.73 Å². The Hall–Kier alpha value is -1.03. The van der Waals surface area contributed by atoms with Gasteiger partial charge < -0.3 is 10.6 Å². The van der Waals surface area contributed by atoms with Gasteiger partial charge in [-0.25, -0.2) is 0 Å². The van der Waals surface area contributed by atoms with Crippen LogP contribution in [0.25, 0.3) is 0 Å². The minimum Gasteiger partial charge on any atom is -0.397 e. The van der Waals surface area contributed by atoms with Gasteiger partial charge in [0.2, 0.25) is 0 Å². The number of carbonyl (C=O) groups excluding carboxylic acids is 1. The predicted octanol–water partition coefficient (Wildman–Crippen LogP) is 2.06. The van der Waals surface area contributed by atoms with Crippen LogP contribution in [0.15, 0.2) is 11.4 Å². The van der Waals surface area contributed by atoms with E-state index in [0.717, 1.165) is 12.5 Å². The van der Waals surface area contributed by atoms with Gasteiger partial charge in [0, 0.05) is 13.6 Å². The normalized spacial score (nSPS) is 23.9. The van der Waals surface area contributed by atoms with Crippen LogP contribution in [-0.4, -0.2) is 24.4 Å². The van der Waals surface area contributed by atoms with Crippen molar-refractivity contribution in [3.05, 3.63) is 16.3 Å². The molecule has 1 aromatic heterocycles. The van der Waals surface area contributed by atoms with E-state index in [1.54, 1.807) is 11.0 Å². The van der Waals surface area contributed by atoms with E-state index >= 15 is 0 Å². The molecule has 3 nitrogen and oxygen atoms in total. The van der Waals surface area contributed by atoms with E-state index in [1.165, 1.54) is 17.8 Å². The third-order valence-electron chi connectivity index (χ3n) is 3.02. The maximum atomic E-state index is 12.0. The smallest absolute Gasteiger partial charge is 0.265 e. The van der Waals surface area contributed by atoms with Gasteiger partial charge in [-0.3, -0.25) is 4.79 Å². The summed E-state index contributed by atoms with van der Waals surface area (Å²) in [7, 11) is 1.85. The van der Waals surface area contributed by atoms with Crippen LogP contribution in [-0.2, 0) is 0 Å². The van der Waals surface area contributed by atoms with Gasteiger partial charge in [-0.05, 0) is 29.7 Å². The number of carbonyl (C=O) groups is 1. The number of amides is 1. The SMILES string of the molecule is CC1CC1CN(C)C(=O)c1sccc1N. The highest BCUT2D eigenvalue weighted by Crippen LogP contribution is 2.38. The molecule has 82 valence electrons. The molecule has 0 radical (unpaired) electrons. The summed E-state index contributed by atoms with van der Waals surface area (Å²) >= 11 is 1.42. The third kappa shape index (κ3) is 2.15. The minimum atomic E-state index is 0.0570. The van der Waals surface area contributed by atoms with E-state index in [-0.39, 0.29) is 5.91 Å². The molecule has 1 amide bonds.